The minimum absolute atomic E-state index is 0.0729. The van der Waals surface area contributed by atoms with E-state index < -0.39 is 0 Å². The molecule has 2 atom stereocenters. The van der Waals surface area contributed by atoms with Gasteiger partial charge in [0.2, 0.25) is 0 Å². The summed E-state index contributed by atoms with van der Waals surface area (Å²) in [6.45, 7) is 4.71. The number of rotatable bonds is 6. The van der Waals surface area contributed by atoms with E-state index in [-0.39, 0.29) is 18.4 Å². The second-order valence-electron chi connectivity index (χ2n) is 7.74. The molecule has 1 aromatic carbocycles. The molecule has 2 aliphatic rings. The van der Waals surface area contributed by atoms with Crippen molar-refractivity contribution >= 4 is 11.7 Å². The molecule has 2 unspecified atom stereocenters. The Labute approximate surface area is 176 Å². The van der Waals surface area contributed by atoms with E-state index in [1.165, 1.54) is 0 Å². The Morgan fingerprint density at radius 2 is 1.97 bits per heavy atom. The second kappa shape index (κ2) is 9.36. The lowest BCUT2D eigenvalue weighted by Gasteiger charge is -2.37. The third-order valence-corrected chi connectivity index (χ3v) is 5.30. The van der Waals surface area contributed by atoms with Crippen molar-refractivity contribution in [2.75, 3.05) is 58.4 Å². The summed E-state index contributed by atoms with van der Waals surface area (Å²) in [5, 5.41) is 0. The lowest BCUT2D eigenvalue weighted by molar-refractivity contribution is -0.0726. The quantitative estimate of drug-likeness (QED) is 0.712. The number of aromatic nitrogens is 2. The fourth-order valence-electron chi connectivity index (χ4n) is 3.64. The van der Waals surface area contributed by atoms with Crippen molar-refractivity contribution in [2.45, 2.75) is 18.9 Å². The number of nitrogens with zero attached hydrogens (tertiary/aromatic N) is 5. The molecule has 1 aromatic heterocycles. The van der Waals surface area contributed by atoms with Crippen LogP contribution in [0.25, 0.3) is 0 Å². The molecular weight excluding hydrogens is 386 g/mol. The average molecular weight is 415 g/mol. The molecule has 2 fully saturated rings. The van der Waals surface area contributed by atoms with Gasteiger partial charge in [0.15, 0.2) is 6.29 Å². The van der Waals surface area contributed by atoms with Crippen LogP contribution in [0.4, 0.5) is 10.5 Å². The van der Waals surface area contributed by atoms with Gasteiger partial charge in [0, 0.05) is 58.4 Å². The Hall–Kier alpha value is -2.78. The lowest BCUT2D eigenvalue weighted by Crippen LogP contribution is -2.51. The molecule has 0 spiro atoms. The maximum absolute atomic E-state index is 12.1. The van der Waals surface area contributed by atoms with Crippen LogP contribution in [0.1, 0.15) is 0 Å². The molecule has 3 heterocycles. The van der Waals surface area contributed by atoms with Crippen molar-refractivity contribution in [2.24, 2.45) is 0 Å². The van der Waals surface area contributed by atoms with Gasteiger partial charge in [-0.2, -0.15) is 0 Å². The Kier molecular flexibility index (Phi) is 6.39. The first-order valence-corrected chi connectivity index (χ1v) is 10.3. The third-order valence-electron chi connectivity index (χ3n) is 5.30. The Morgan fingerprint density at radius 1 is 1.20 bits per heavy atom. The number of anilines is 1. The molecule has 0 saturated carbocycles. The summed E-state index contributed by atoms with van der Waals surface area (Å²) >= 11 is 0. The van der Waals surface area contributed by atoms with Gasteiger partial charge in [-0.3, -0.25) is 0 Å². The number of hydrogen-bond donors (Lipinski definition) is 0. The van der Waals surface area contributed by atoms with Crippen molar-refractivity contribution in [3.63, 3.8) is 0 Å². The number of benzene rings is 1. The van der Waals surface area contributed by atoms with E-state index in [0.29, 0.717) is 19.8 Å². The zero-order valence-electron chi connectivity index (χ0n) is 17.5. The number of amides is 2. The fraction of sp³-hybridized carbons (Fsp3) is 0.524. The fourth-order valence-corrected chi connectivity index (χ4v) is 3.64. The van der Waals surface area contributed by atoms with Gasteiger partial charge in [-0.15, -0.1) is 0 Å². The SMILES string of the molecule is CN(C)C(=O)N1CCN(c2ccc(OCC3COC(Cn4ccnc4)O3)cc2)CC1. The molecular formula is C21H29N5O4. The molecule has 0 radical (unpaired) electrons. The second-order valence-corrected chi connectivity index (χ2v) is 7.74. The number of urea groups is 1. The summed E-state index contributed by atoms with van der Waals surface area (Å²) in [6, 6.07) is 8.15. The number of carbonyl (C=O) groups excluding carboxylic acids is 1. The maximum Gasteiger partial charge on any atom is 0.319 e. The molecule has 2 amide bonds. The van der Waals surface area contributed by atoms with Crippen molar-refractivity contribution in [1.82, 2.24) is 19.4 Å². The maximum atomic E-state index is 12.1. The molecule has 9 heteroatoms. The number of piperazine rings is 1. The molecule has 0 aliphatic carbocycles. The third kappa shape index (κ3) is 5.03. The smallest absolute Gasteiger partial charge is 0.319 e. The van der Waals surface area contributed by atoms with Crippen molar-refractivity contribution in [3.8, 4) is 5.75 Å². The van der Waals surface area contributed by atoms with Crippen molar-refractivity contribution < 1.29 is 19.0 Å². The molecule has 4 rings (SSSR count). The van der Waals surface area contributed by atoms with E-state index in [0.717, 1.165) is 37.6 Å². The normalized spacial score (nSPS) is 21.7. The largest absolute Gasteiger partial charge is 0.491 e. The number of hydrogen-bond acceptors (Lipinski definition) is 6. The lowest BCUT2D eigenvalue weighted by atomic mass is 10.2. The van der Waals surface area contributed by atoms with Crippen LogP contribution in [0.15, 0.2) is 43.0 Å². The molecule has 2 saturated heterocycles. The Balaban J connectivity index is 1.20. The highest BCUT2D eigenvalue weighted by molar-refractivity contribution is 5.74. The Morgan fingerprint density at radius 3 is 2.63 bits per heavy atom. The van der Waals surface area contributed by atoms with Gasteiger partial charge in [0.05, 0.1) is 19.5 Å². The van der Waals surface area contributed by atoms with E-state index in [2.05, 4.69) is 22.0 Å². The van der Waals surface area contributed by atoms with E-state index in [4.69, 9.17) is 14.2 Å². The average Bonchev–Trinajstić information content (AvgIpc) is 3.45. The summed E-state index contributed by atoms with van der Waals surface area (Å²) in [7, 11) is 3.58. The minimum Gasteiger partial charge on any atom is -0.491 e. The first-order valence-electron chi connectivity index (χ1n) is 10.3. The summed E-state index contributed by atoms with van der Waals surface area (Å²) in [4.78, 5) is 21.9. The van der Waals surface area contributed by atoms with Gasteiger partial charge < -0.3 is 33.5 Å². The topological polar surface area (TPSA) is 72.3 Å². The summed E-state index contributed by atoms with van der Waals surface area (Å²) in [5.74, 6) is 0.807. The van der Waals surface area contributed by atoms with Crippen molar-refractivity contribution in [3.05, 3.63) is 43.0 Å². The monoisotopic (exact) mass is 415 g/mol. The van der Waals surface area contributed by atoms with Crippen LogP contribution in [0.3, 0.4) is 0 Å². The highest BCUT2D eigenvalue weighted by Crippen LogP contribution is 2.22. The number of carbonyl (C=O) groups is 1. The summed E-state index contributed by atoms with van der Waals surface area (Å²) in [6.07, 6.45) is 5.02. The van der Waals surface area contributed by atoms with Crippen LogP contribution < -0.4 is 9.64 Å². The van der Waals surface area contributed by atoms with E-state index in [1.54, 1.807) is 31.5 Å². The number of ether oxygens (including phenoxy) is 3. The van der Waals surface area contributed by atoms with Crippen molar-refractivity contribution in [1.29, 1.82) is 0 Å². The summed E-state index contributed by atoms with van der Waals surface area (Å²) < 4.78 is 19.4. The molecule has 2 aliphatic heterocycles. The number of imidazole rings is 1. The minimum atomic E-state index is -0.270. The Bertz CT molecular complexity index is 803. The molecule has 30 heavy (non-hydrogen) atoms. The first kappa shape index (κ1) is 20.5. The highest BCUT2D eigenvalue weighted by atomic mass is 16.7. The molecule has 0 bridgehead atoms. The zero-order chi connectivity index (χ0) is 20.9. The van der Waals surface area contributed by atoms with Gasteiger partial charge in [-0.1, -0.05) is 0 Å². The molecule has 162 valence electrons. The summed E-state index contributed by atoms with van der Waals surface area (Å²) in [5.41, 5.74) is 1.14. The van der Waals surface area contributed by atoms with E-state index >= 15 is 0 Å². The van der Waals surface area contributed by atoms with Crippen LogP contribution in [-0.2, 0) is 16.0 Å². The van der Waals surface area contributed by atoms with Gasteiger partial charge >= 0.3 is 6.03 Å². The van der Waals surface area contributed by atoms with Gasteiger partial charge in [0.25, 0.3) is 0 Å². The zero-order valence-corrected chi connectivity index (χ0v) is 17.5. The molecule has 9 nitrogen and oxygen atoms in total. The van der Waals surface area contributed by atoms with E-state index in [1.807, 2.05) is 27.8 Å². The van der Waals surface area contributed by atoms with Gasteiger partial charge in [0.1, 0.15) is 18.5 Å². The van der Waals surface area contributed by atoms with Gasteiger partial charge in [-0.05, 0) is 24.3 Å². The molecule has 2 aromatic rings. The predicted octanol–water partition coefficient (Wildman–Crippen LogP) is 1.51. The standard InChI is InChI=1S/C21H29N5O4/c1-23(2)21(27)26-11-9-25(10-12-26)17-3-5-18(6-4-17)28-14-19-15-29-20(30-19)13-24-8-7-22-16-24/h3-8,16,19-20H,9-15H2,1-2H3. The van der Waals surface area contributed by atoms with Crippen LogP contribution >= 0.6 is 0 Å². The highest BCUT2D eigenvalue weighted by Gasteiger charge is 2.27. The first-order chi connectivity index (χ1) is 14.6. The van der Waals surface area contributed by atoms with E-state index in [9.17, 15) is 4.79 Å². The molecule has 0 N–H and O–H groups in total. The predicted molar refractivity (Wildman–Crippen MR) is 112 cm³/mol. The van der Waals surface area contributed by atoms with Crippen LogP contribution in [0.2, 0.25) is 0 Å². The van der Waals surface area contributed by atoms with Crippen LogP contribution in [0, 0.1) is 0 Å². The van der Waals surface area contributed by atoms with Crippen LogP contribution in [0.5, 0.6) is 5.75 Å². The van der Waals surface area contributed by atoms with Crippen LogP contribution in [-0.4, -0.2) is 91.3 Å². The van der Waals surface area contributed by atoms with Gasteiger partial charge in [-0.25, -0.2) is 9.78 Å².